The summed E-state index contributed by atoms with van der Waals surface area (Å²) in [6.07, 6.45) is 0. The van der Waals surface area contributed by atoms with E-state index in [4.69, 9.17) is 0 Å². The molecule has 0 aliphatic rings. The highest BCUT2D eigenvalue weighted by Gasteiger charge is 2.24. The zero-order chi connectivity index (χ0) is 24.2. The number of nitrogens with zero attached hydrogens (tertiary/aromatic N) is 2. The van der Waals surface area contributed by atoms with Crippen molar-refractivity contribution in [1.29, 1.82) is 0 Å². The molecule has 1 aromatic heterocycles. The van der Waals surface area contributed by atoms with Gasteiger partial charge < -0.3 is 4.57 Å². The van der Waals surface area contributed by atoms with E-state index in [1.54, 1.807) is 0 Å². The Morgan fingerprint density at radius 1 is 0.528 bits per heavy atom. The Labute approximate surface area is 206 Å². The molecule has 4 heteroatoms. The van der Waals surface area contributed by atoms with Crippen LogP contribution in [-0.2, 0) is 0 Å². The zero-order valence-electron chi connectivity index (χ0n) is 19.3. The van der Waals surface area contributed by atoms with Crippen LogP contribution in [0.4, 0.5) is 5.69 Å². The molecule has 6 aromatic carbocycles. The number of hydrogen-bond donors (Lipinski definition) is 0. The molecule has 0 saturated heterocycles. The highest BCUT2D eigenvalue weighted by atomic mass is 16.6. The summed E-state index contributed by atoms with van der Waals surface area (Å²) >= 11 is 0. The normalized spacial score (nSPS) is 11.6. The van der Waals surface area contributed by atoms with E-state index in [2.05, 4.69) is 41.0 Å². The molecule has 4 nitrogen and oxygen atoms in total. The summed E-state index contributed by atoms with van der Waals surface area (Å²) < 4.78 is 2.25. The Hall–Kier alpha value is -4.96. The maximum Gasteiger partial charge on any atom is 0.285 e. The number of nitro groups is 1. The van der Waals surface area contributed by atoms with Crippen LogP contribution in [0.3, 0.4) is 0 Å². The van der Waals surface area contributed by atoms with Crippen LogP contribution in [0.2, 0.25) is 0 Å². The largest absolute Gasteiger partial charge is 0.309 e. The van der Waals surface area contributed by atoms with Crippen LogP contribution in [0.5, 0.6) is 0 Å². The molecule has 1 heterocycles. The summed E-state index contributed by atoms with van der Waals surface area (Å²) in [6.45, 7) is 0. The molecule has 0 bridgehead atoms. The van der Waals surface area contributed by atoms with Gasteiger partial charge in [0.05, 0.1) is 26.9 Å². The van der Waals surface area contributed by atoms with Crippen LogP contribution < -0.4 is 0 Å². The molecule has 0 saturated carbocycles. The van der Waals surface area contributed by atoms with Gasteiger partial charge in [0.25, 0.3) is 5.69 Å². The number of fused-ring (bicyclic) bond motifs is 6. The lowest BCUT2D eigenvalue weighted by molar-refractivity contribution is -0.382. The van der Waals surface area contributed by atoms with E-state index >= 15 is 0 Å². The lowest BCUT2D eigenvalue weighted by Crippen LogP contribution is -1.96. The van der Waals surface area contributed by atoms with Gasteiger partial charge in [0.1, 0.15) is 0 Å². The molecule has 36 heavy (non-hydrogen) atoms. The molecule has 0 amide bonds. The second kappa shape index (κ2) is 7.79. The first-order valence-corrected chi connectivity index (χ1v) is 11.9. The summed E-state index contributed by atoms with van der Waals surface area (Å²) in [7, 11) is 0. The van der Waals surface area contributed by atoms with E-state index in [1.165, 1.54) is 0 Å². The third kappa shape index (κ3) is 2.88. The van der Waals surface area contributed by atoms with Crippen LogP contribution in [0, 0.1) is 10.1 Å². The van der Waals surface area contributed by atoms with Gasteiger partial charge in [-0.2, -0.15) is 0 Å². The first kappa shape index (κ1) is 20.4. The molecule has 170 valence electrons. The molecule has 0 aliphatic heterocycles. The molecule has 0 N–H and O–H groups in total. The SMILES string of the molecule is O=[N+]([O-])c1c(-c2ccc3c(c2)c2ccccc2n3-c2ccccc2)c2ccccc2c2ccccc12. The number of nitro benzene ring substituents is 1. The summed E-state index contributed by atoms with van der Waals surface area (Å²) in [6, 6.07) is 40.4. The van der Waals surface area contributed by atoms with Crippen LogP contribution >= 0.6 is 0 Å². The second-order valence-electron chi connectivity index (χ2n) is 8.99. The van der Waals surface area contributed by atoms with Crippen molar-refractivity contribution in [2.75, 3.05) is 0 Å². The number of rotatable bonds is 3. The van der Waals surface area contributed by atoms with Gasteiger partial charge in [-0.15, -0.1) is 0 Å². The van der Waals surface area contributed by atoms with Crippen molar-refractivity contribution < 1.29 is 4.92 Å². The van der Waals surface area contributed by atoms with E-state index in [0.717, 1.165) is 49.2 Å². The minimum atomic E-state index is -0.235. The van der Waals surface area contributed by atoms with E-state index in [1.807, 2.05) is 84.9 Å². The Balaban J connectivity index is 1.62. The minimum Gasteiger partial charge on any atom is -0.309 e. The molecule has 0 spiro atoms. The van der Waals surface area contributed by atoms with Gasteiger partial charge in [-0.25, -0.2) is 0 Å². The topological polar surface area (TPSA) is 48.1 Å². The summed E-state index contributed by atoms with van der Waals surface area (Å²) in [4.78, 5) is 12.3. The molecule has 0 aliphatic carbocycles. The molecule has 0 unspecified atom stereocenters. The number of aromatic nitrogens is 1. The van der Waals surface area contributed by atoms with Crippen LogP contribution in [-0.4, -0.2) is 9.49 Å². The lowest BCUT2D eigenvalue weighted by atomic mass is 9.90. The molecule has 0 radical (unpaired) electrons. The predicted octanol–water partition coefficient (Wildman–Crippen LogP) is 8.67. The van der Waals surface area contributed by atoms with Gasteiger partial charge >= 0.3 is 0 Å². The Morgan fingerprint density at radius 2 is 1.08 bits per heavy atom. The van der Waals surface area contributed by atoms with Crippen molar-refractivity contribution in [2.24, 2.45) is 0 Å². The van der Waals surface area contributed by atoms with Crippen LogP contribution in [0.25, 0.3) is 60.2 Å². The van der Waals surface area contributed by atoms with Crippen LogP contribution in [0.15, 0.2) is 121 Å². The van der Waals surface area contributed by atoms with Crippen molar-refractivity contribution in [3.63, 3.8) is 0 Å². The fourth-order valence-electron chi connectivity index (χ4n) is 5.59. The first-order valence-electron chi connectivity index (χ1n) is 11.9. The van der Waals surface area contributed by atoms with Crippen molar-refractivity contribution >= 4 is 49.0 Å². The third-order valence-electron chi connectivity index (χ3n) is 7.06. The van der Waals surface area contributed by atoms with Crippen molar-refractivity contribution in [3.8, 4) is 16.8 Å². The Morgan fingerprint density at radius 3 is 1.81 bits per heavy atom. The van der Waals surface area contributed by atoms with Gasteiger partial charge in [-0.1, -0.05) is 84.9 Å². The first-order chi connectivity index (χ1) is 17.7. The quantitative estimate of drug-likeness (QED) is 0.149. The summed E-state index contributed by atoms with van der Waals surface area (Å²) in [5.41, 5.74) is 4.90. The summed E-state index contributed by atoms with van der Waals surface area (Å²) in [5, 5.41) is 18.2. The average Bonchev–Trinajstić information content (AvgIpc) is 3.26. The summed E-state index contributed by atoms with van der Waals surface area (Å²) in [5.74, 6) is 0. The third-order valence-corrected chi connectivity index (χ3v) is 7.06. The van der Waals surface area contributed by atoms with E-state index in [-0.39, 0.29) is 10.6 Å². The second-order valence-corrected chi connectivity index (χ2v) is 8.99. The molecule has 0 atom stereocenters. The maximum absolute atomic E-state index is 12.5. The molecular weight excluding hydrogens is 444 g/mol. The van der Waals surface area contributed by atoms with E-state index in [9.17, 15) is 10.1 Å². The number of benzene rings is 6. The zero-order valence-corrected chi connectivity index (χ0v) is 19.3. The Bertz CT molecular complexity index is 1970. The monoisotopic (exact) mass is 464 g/mol. The van der Waals surface area contributed by atoms with Gasteiger partial charge in [0.15, 0.2) is 0 Å². The maximum atomic E-state index is 12.5. The van der Waals surface area contributed by atoms with Crippen molar-refractivity contribution in [3.05, 3.63) is 131 Å². The molecular formula is C32H20N2O2. The molecule has 7 rings (SSSR count). The molecule has 7 aromatic rings. The average molecular weight is 465 g/mol. The minimum absolute atomic E-state index is 0.149. The van der Waals surface area contributed by atoms with E-state index < -0.39 is 0 Å². The number of para-hydroxylation sites is 2. The highest BCUT2D eigenvalue weighted by Crippen LogP contribution is 2.45. The van der Waals surface area contributed by atoms with Gasteiger partial charge in [0.2, 0.25) is 0 Å². The molecule has 0 fully saturated rings. The fraction of sp³-hybridized carbons (Fsp3) is 0. The van der Waals surface area contributed by atoms with Crippen molar-refractivity contribution in [1.82, 2.24) is 4.57 Å². The van der Waals surface area contributed by atoms with E-state index in [0.29, 0.717) is 10.9 Å². The standard InChI is InChI=1S/C32H20N2O2/c35-34(36)32-27-16-7-5-13-24(27)23-12-4-6-15-26(23)31(32)21-18-19-30-28(20-21)25-14-8-9-17-29(25)33(30)22-10-2-1-3-11-22/h1-20H. The van der Waals surface area contributed by atoms with Crippen LogP contribution in [0.1, 0.15) is 0 Å². The smallest absolute Gasteiger partial charge is 0.285 e. The lowest BCUT2D eigenvalue weighted by Gasteiger charge is -2.13. The van der Waals surface area contributed by atoms with Crippen molar-refractivity contribution in [2.45, 2.75) is 0 Å². The Kier molecular flexibility index (Phi) is 4.42. The van der Waals surface area contributed by atoms with Gasteiger partial charge in [0, 0.05) is 16.5 Å². The highest BCUT2D eigenvalue weighted by molar-refractivity contribution is 6.20. The predicted molar refractivity (Wildman–Crippen MR) is 148 cm³/mol. The van der Waals surface area contributed by atoms with Gasteiger partial charge in [-0.3, -0.25) is 10.1 Å². The van der Waals surface area contributed by atoms with Gasteiger partial charge in [-0.05, 0) is 58.1 Å². The fourth-order valence-corrected chi connectivity index (χ4v) is 5.59. The number of hydrogen-bond acceptors (Lipinski definition) is 2.